The Kier molecular flexibility index (Phi) is 7.71. The Morgan fingerprint density at radius 3 is 2.19 bits per heavy atom. The lowest BCUT2D eigenvalue weighted by molar-refractivity contribution is -0.313. The zero-order chi connectivity index (χ0) is 19.5. The fourth-order valence-corrected chi connectivity index (χ4v) is 2.96. The first-order valence-electron chi connectivity index (χ1n) is 8.52. The molecule has 26 heavy (non-hydrogen) atoms. The van der Waals surface area contributed by atoms with Crippen LogP contribution in [0.2, 0.25) is 0 Å². The first-order chi connectivity index (χ1) is 12.3. The Morgan fingerprint density at radius 1 is 0.923 bits per heavy atom. The predicted octanol–water partition coefficient (Wildman–Crippen LogP) is -3.96. The van der Waals surface area contributed by atoms with E-state index in [9.17, 15) is 30.6 Å². The first-order valence-corrected chi connectivity index (χ1v) is 8.52. The van der Waals surface area contributed by atoms with Gasteiger partial charge in [0.2, 0.25) is 5.79 Å². The topological polar surface area (TPSA) is 179 Å². The molecule has 0 unspecified atom stereocenters. The van der Waals surface area contributed by atoms with E-state index in [1.807, 2.05) is 6.92 Å². The lowest BCUT2D eigenvalue weighted by atomic mass is 9.99. The molecule has 0 spiro atoms. The van der Waals surface area contributed by atoms with Crippen LogP contribution in [0.15, 0.2) is 0 Å². The summed E-state index contributed by atoms with van der Waals surface area (Å²) in [6.45, 7) is 0.331. The quantitative estimate of drug-likeness (QED) is 0.217. The normalized spacial score (nSPS) is 46.6. The molecule has 7 N–H and O–H groups in total. The number of ether oxygens (including phenoxy) is 4. The molecular formula is C15H28O11. The summed E-state index contributed by atoms with van der Waals surface area (Å²) < 4.78 is 21.3. The molecule has 154 valence electrons. The monoisotopic (exact) mass is 384 g/mol. The van der Waals surface area contributed by atoms with E-state index in [0.29, 0.717) is 6.42 Å². The van der Waals surface area contributed by atoms with Crippen LogP contribution in [0.3, 0.4) is 0 Å². The molecule has 0 bridgehead atoms. The Bertz CT molecular complexity index is 436. The van der Waals surface area contributed by atoms with Crippen LogP contribution < -0.4 is 0 Å². The predicted molar refractivity (Wildman–Crippen MR) is 82.7 cm³/mol. The van der Waals surface area contributed by atoms with Crippen molar-refractivity contribution in [3.05, 3.63) is 0 Å². The van der Waals surface area contributed by atoms with Crippen LogP contribution >= 0.6 is 0 Å². The zero-order valence-electron chi connectivity index (χ0n) is 14.4. The largest absolute Gasteiger partial charge is 0.394 e. The standard InChI is InChI=1S/C15H28O11/c1-2-3-24-15(6-17)13(22)10(19)8(26-15)5-23-14-12(21)11(20)9(18)7(4-16)25-14/h7-14,16-22H,2-6H2,1H3/t7-,8-,9-,10-,11+,12-,13+,14+,15+/m1/s1. The molecule has 0 aromatic rings. The van der Waals surface area contributed by atoms with Crippen LogP contribution in [0.4, 0.5) is 0 Å². The van der Waals surface area contributed by atoms with Crippen molar-refractivity contribution in [2.45, 2.75) is 68.1 Å². The Balaban J connectivity index is 1.98. The molecule has 0 amide bonds. The second-order valence-electron chi connectivity index (χ2n) is 6.44. The minimum Gasteiger partial charge on any atom is -0.394 e. The lowest BCUT2D eigenvalue weighted by Gasteiger charge is -2.39. The van der Waals surface area contributed by atoms with Crippen LogP contribution in [0.5, 0.6) is 0 Å². The fraction of sp³-hybridized carbons (Fsp3) is 1.00. The van der Waals surface area contributed by atoms with Gasteiger partial charge in [0.1, 0.15) is 49.3 Å². The Labute approximate surface area is 150 Å². The highest BCUT2D eigenvalue weighted by atomic mass is 16.8. The maximum atomic E-state index is 10.1. The molecule has 0 saturated carbocycles. The van der Waals surface area contributed by atoms with Crippen molar-refractivity contribution >= 4 is 0 Å². The fourth-order valence-electron chi connectivity index (χ4n) is 2.96. The molecule has 2 heterocycles. The van der Waals surface area contributed by atoms with E-state index >= 15 is 0 Å². The third-order valence-corrected chi connectivity index (χ3v) is 4.55. The highest BCUT2D eigenvalue weighted by Gasteiger charge is 2.55. The van der Waals surface area contributed by atoms with Crippen molar-refractivity contribution in [1.82, 2.24) is 0 Å². The third kappa shape index (κ3) is 4.18. The van der Waals surface area contributed by atoms with Crippen LogP contribution in [0.25, 0.3) is 0 Å². The lowest BCUT2D eigenvalue weighted by Crippen LogP contribution is -2.59. The molecule has 2 aliphatic heterocycles. The Hall–Kier alpha value is -0.440. The van der Waals surface area contributed by atoms with Gasteiger partial charge in [-0.15, -0.1) is 0 Å². The summed E-state index contributed by atoms with van der Waals surface area (Å²) in [7, 11) is 0. The third-order valence-electron chi connectivity index (χ3n) is 4.55. The van der Waals surface area contributed by atoms with Gasteiger partial charge in [-0.05, 0) is 6.42 Å². The number of hydrogen-bond acceptors (Lipinski definition) is 11. The summed E-state index contributed by atoms with van der Waals surface area (Å²) in [4.78, 5) is 0. The van der Waals surface area contributed by atoms with Gasteiger partial charge >= 0.3 is 0 Å². The van der Waals surface area contributed by atoms with Gasteiger partial charge in [0, 0.05) is 6.61 Å². The number of aliphatic hydroxyl groups excluding tert-OH is 7. The summed E-state index contributed by atoms with van der Waals surface area (Å²) in [6.07, 6.45) is -10.7. The zero-order valence-corrected chi connectivity index (χ0v) is 14.4. The molecule has 0 aliphatic carbocycles. The maximum absolute atomic E-state index is 10.1. The molecule has 2 rings (SSSR count). The average molecular weight is 384 g/mol. The number of hydrogen-bond donors (Lipinski definition) is 7. The van der Waals surface area contributed by atoms with E-state index in [1.54, 1.807) is 0 Å². The summed E-state index contributed by atoms with van der Waals surface area (Å²) in [6, 6.07) is 0. The van der Waals surface area contributed by atoms with Crippen molar-refractivity contribution in [3.8, 4) is 0 Å². The molecule has 2 fully saturated rings. The maximum Gasteiger partial charge on any atom is 0.221 e. The van der Waals surface area contributed by atoms with Crippen molar-refractivity contribution in [2.75, 3.05) is 26.4 Å². The van der Waals surface area contributed by atoms with Gasteiger partial charge in [0.05, 0.1) is 13.2 Å². The van der Waals surface area contributed by atoms with E-state index < -0.39 is 68.0 Å². The van der Waals surface area contributed by atoms with Gasteiger partial charge < -0.3 is 54.7 Å². The molecule has 0 aromatic carbocycles. The van der Waals surface area contributed by atoms with Crippen LogP contribution in [-0.2, 0) is 18.9 Å². The highest BCUT2D eigenvalue weighted by Crippen LogP contribution is 2.33. The van der Waals surface area contributed by atoms with Gasteiger partial charge in [0.15, 0.2) is 6.29 Å². The van der Waals surface area contributed by atoms with Crippen LogP contribution in [0, 0.1) is 0 Å². The van der Waals surface area contributed by atoms with Gasteiger partial charge in [-0.2, -0.15) is 0 Å². The van der Waals surface area contributed by atoms with Crippen LogP contribution in [0.1, 0.15) is 13.3 Å². The summed E-state index contributed by atoms with van der Waals surface area (Å²) >= 11 is 0. The van der Waals surface area contributed by atoms with Gasteiger partial charge in [-0.3, -0.25) is 0 Å². The van der Waals surface area contributed by atoms with E-state index in [1.165, 1.54) is 0 Å². The van der Waals surface area contributed by atoms with E-state index in [4.69, 9.17) is 24.1 Å². The smallest absolute Gasteiger partial charge is 0.221 e. The summed E-state index contributed by atoms with van der Waals surface area (Å²) in [5.41, 5.74) is 0. The average Bonchev–Trinajstić information content (AvgIpc) is 2.89. The second kappa shape index (κ2) is 9.17. The minimum atomic E-state index is -1.79. The van der Waals surface area contributed by atoms with Crippen molar-refractivity contribution < 1.29 is 54.7 Å². The molecule has 0 aromatic heterocycles. The minimum absolute atomic E-state index is 0.185. The second-order valence-corrected chi connectivity index (χ2v) is 6.44. The number of aliphatic hydroxyl groups is 7. The molecule has 0 radical (unpaired) electrons. The van der Waals surface area contributed by atoms with Crippen molar-refractivity contribution in [1.29, 1.82) is 0 Å². The first kappa shape index (κ1) is 21.9. The van der Waals surface area contributed by atoms with Crippen LogP contribution in [-0.4, -0.2) is 117 Å². The molecular weight excluding hydrogens is 356 g/mol. The SMILES string of the molecule is CCCO[C@@]1(CO)O[C@H](CO[C@H]2O[C@H](CO)[C@@H](O)[C@H](O)[C@H]2O)[C@@H](O)[C@@H]1O. The van der Waals surface area contributed by atoms with E-state index in [0.717, 1.165) is 0 Å². The van der Waals surface area contributed by atoms with Gasteiger partial charge in [0.25, 0.3) is 0 Å². The molecule has 11 nitrogen and oxygen atoms in total. The number of rotatable bonds is 8. The van der Waals surface area contributed by atoms with Crippen molar-refractivity contribution in [3.63, 3.8) is 0 Å². The van der Waals surface area contributed by atoms with E-state index in [-0.39, 0.29) is 13.2 Å². The Morgan fingerprint density at radius 2 is 1.62 bits per heavy atom. The summed E-state index contributed by atoms with van der Waals surface area (Å²) in [5.74, 6) is -1.79. The molecule has 2 saturated heterocycles. The molecule has 2 aliphatic rings. The van der Waals surface area contributed by atoms with Gasteiger partial charge in [-0.1, -0.05) is 6.92 Å². The van der Waals surface area contributed by atoms with E-state index in [2.05, 4.69) is 0 Å². The molecule has 11 heteroatoms. The van der Waals surface area contributed by atoms with Gasteiger partial charge in [-0.25, -0.2) is 0 Å². The summed E-state index contributed by atoms with van der Waals surface area (Å²) in [5, 5.41) is 68.3. The molecule has 9 atom stereocenters. The highest BCUT2D eigenvalue weighted by molar-refractivity contribution is 4.97. The van der Waals surface area contributed by atoms with Crippen molar-refractivity contribution in [2.24, 2.45) is 0 Å².